The van der Waals surface area contributed by atoms with Gasteiger partial charge in [-0.1, -0.05) is 6.92 Å². The highest BCUT2D eigenvalue weighted by Gasteiger charge is 2.19. The van der Waals surface area contributed by atoms with Crippen LogP contribution in [0.1, 0.15) is 23.7 Å². The van der Waals surface area contributed by atoms with Crippen LogP contribution in [-0.4, -0.2) is 44.6 Å². The number of aromatic nitrogens is 3. The molecule has 0 aliphatic heterocycles. The van der Waals surface area contributed by atoms with E-state index in [0.717, 1.165) is 12.5 Å². The molecule has 0 aliphatic rings. The fourth-order valence-corrected chi connectivity index (χ4v) is 1.93. The standard InChI is InChI=1S/C14H16N6O4/c1-2-5-16-13(21)7-17-14(22)10-3-4-11(12(6-10)20(23)24)19-9-15-8-18-19/h3-4,6,8-9H,2,5,7H2,1H3,(H,16,21)(H,17,22). The summed E-state index contributed by atoms with van der Waals surface area (Å²) in [5.74, 6) is -0.895. The molecule has 0 fully saturated rings. The van der Waals surface area contributed by atoms with E-state index in [0.29, 0.717) is 6.54 Å². The summed E-state index contributed by atoms with van der Waals surface area (Å²) in [4.78, 5) is 37.9. The van der Waals surface area contributed by atoms with Crippen LogP contribution >= 0.6 is 0 Å². The number of hydrogen-bond acceptors (Lipinski definition) is 6. The number of nitrogens with one attached hydrogen (secondary N) is 2. The van der Waals surface area contributed by atoms with Gasteiger partial charge in [-0.15, -0.1) is 0 Å². The Labute approximate surface area is 137 Å². The lowest BCUT2D eigenvalue weighted by atomic mass is 10.1. The average molecular weight is 332 g/mol. The van der Waals surface area contributed by atoms with Gasteiger partial charge < -0.3 is 10.6 Å². The molecular weight excluding hydrogens is 316 g/mol. The van der Waals surface area contributed by atoms with E-state index in [1.54, 1.807) is 0 Å². The van der Waals surface area contributed by atoms with Crippen LogP contribution in [0.25, 0.3) is 5.69 Å². The minimum atomic E-state index is -0.609. The molecule has 1 aromatic heterocycles. The molecule has 2 aromatic rings. The van der Waals surface area contributed by atoms with E-state index in [-0.39, 0.29) is 29.4 Å². The van der Waals surface area contributed by atoms with Crippen LogP contribution in [-0.2, 0) is 4.79 Å². The average Bonchev–Trinajstić information content (AvgIpc) is 3.11. The highest BCUT2D eigenvalue weighted by atomic mass is 16.6. The molecule has 0 spiro atoms. The second-order valence-electron chi connectivity index (χ2n) is 4.83. The third kappa shape index (κ3) is 4.12. The van der Waals surface area contributed by atoms with Gasteiger partial charge in [0.25, 0.3) is 11.6 Å². The monoisotopic (exact) mass is 332 g/mol. The number of hydrogen-bond donors (Lipinski definition) is 2. The quantitative estimate of drug-likeness (QED) is 0.558. The van der Waals surface area contributed by atoms with Crippen LogP contribution < -0.4 is 10.6 Å². The maximum atomic E-state index is 12.0. The molecule has 2 amide bonds. The van der Waals surface area contributed by atoms with E-state index in [1.807, 2.05) is 6.92 Å². The topological polar surface area (TPSA) is 132 Å². The van der Waals surface area contributed by atoms with E-state index in [9.17, 15) is 19.7 Å². The van der Waals surface area contributed by atoms with E-state index in [1.165, 1.54) is 29.5 Å². The van der Waals surface area contributed by atoms with E-state index in [2.05, 4.69) is 20.7 Å². The first-order chi connectivity index (χ1) is 11.5. The Bertz CT molecular complexity index is 744. The molecule has 0 bridgehead atoms. The van der Waals surface area contributed by atoms with E-state index >= 15 is 0 Å². The molecule has 126 valence electrons. The van der Waals surface area contributed by atoms with Gasteiger partial charge in [0, 0.05) is 18.2 Å². The summed E-state index contributed by atoms with van der Waals surface area (Å²) < 4.78 is 1.23. The number of amides is 2. The largest absolute Gasteiger partial charge is 0.355 e. The number of nitrogens with zero attached hydrogens (tertiary/aromatic N) is 4. The number of benzene rings is 1. The smallest absolute Gasteiger partial charge is 0.295 e. The first-order valence-electron chi connectivity index (χ1n) is 7.21. The number of nitro benzene ring substituents is 1. The maximum Gasteiger partial charge on any atom is 0.295 e. The molecule has 0 radical (unpaired) electrons. The molecule has 1 aromatic carbocycles. The molecule has 24 heavy (non-hydrogen) atoms. The summed E-state index contributed by atoms with van der Waals surface area (Å²) in [7, 11) is 0. The maximum absolute atomic E-state index is 12.0. The highest BCUT2D eigenvalue weighted by molar-refractivity contribution is 5.97. The van der Waals surface area contributed by atoms with E-state index < -0.39 is 10.8 Å². The summed E-state index contributed by atoms with van der Waals surface area (Å²) in [6, 6.07) is 3.96. The van der Waals surface area contributed by atoms with Crippen molar-refractivity contribution >= 4 is 17.5 Å². The molecule has 0 aliphatic carbocycles. The molecule has 2 rings (SSSR count). The molecule has 0 unspecified atom stereocenters. The van der Waals surface area contributed by atoms with Gasteiger partial charge in [0.15, 0.2) is 0 Å². The predicted octanol–water partition coefficient (Wildman–Crippen LogP) is 0.431. The van der Waals surface area contributed by atoms with Gasteiger partial charge in [-0.05, 0) is 18.6 Å². The van der Waals surface area contributed by atoms with Crippen LogP contribution in [0.4, 0.5) is 5.69 Å². The molecule has 10 heteroatoms. The van der Waals surface area contributed by atoms with Crippen LogP contribution in [0, 0.1) is 10.1 Å². The van der Waals surface area contributed by atoms with Crippen molar-refractivity contribution < 1.29 is 14.5 Å². The minimum absolute atomic E-state index is 0.0776. The summed E-state index contributed by atoms with van der Waals surface area (Å²) in [6.45, 7) is 2.24. The van der Waals surface area contributed by atoms with Gasteiger partial charge in [-0.3, -0.25) is 19.7 Å². The van der Waals surface area contributed by atoms with Crippen LogP contribution in [0.15, 0.2) is 30.9 Å². The summed E-state index contributed by atoms with van der Waals surface area (Å²) in [5.41, 5.74) is -0.0211. The molecule has 2 N–H and O–H groups in total. The second kappa shape index (κ2) is 7.81. The zero-order valence-corrected chi connectivity index (χ0v) is 12.9. The summed E-state index contributed by atoms with van der Waals surface area (Å²) in [5, 5.41) is 20.1. The van der Waals surface area contributed by atoms with Gasteiger partial charge in [0.05, 0.1) is 11.5 Å². The molecule has 0 atom stereocenters. The molecule has 10 nitrogen and oxygen atoms in total. The Hall–Kier alpha value is -3.30. The number of carbonyl (C=O) groups is 2. The number of nitro groups is 1. The summed E-state index contributed by atoms with van der Waals surface area (Å²) >= 11 is 0. The van der Waals surface area contributed by atoms with Gasteiger partial charge in [-0.25, -0.2) is 9.67 Å². The van der Waals surface area contributed by atoms with Gasteiger partial charge in [0.1, 0.15) is 18.3 Å². The Morgan fingerprint density at radius 3 is 2.75 bits per heavy atom. The lowest BCUT2D eigenvalue weighted by Crippen LogP contribution is -2.37. The highest BCUT2D eigenvalue weighted by Crippen LogP contribution is 2.23. The second-order valence-corrected chi connectivity index (χ2v) is 4.83. The minimum Gasteiger partial charge on any atom is -0.355 e. The first-order valence-corrected chi connectivity index (χ1v) is 7.21. The van der Waals surface area contributed by atoms with Crippen molar-refractivity contribution in [2.24, 2.45) is 0 Å². The van der Waals surface area contributed by atoms with Gasteiger partial charge in [-0.2, -0.15) is 5.10 Å². The van der Waals surface area contributed by atoms with E-state index in [4.69, 9.17) is 0 Å². The lowest BCUT2D eigenvalue weighted by Gasteiger charge is -2.07. The van der Waals surface area contributed by atoms with Crippen LogP contribution in [0.3, 0.4) is 0 Å². The third-order valence-electron chi connectivity index (χ3n) is 3.08. The van der Waals surface area contributed by atoms with Crippen LogP contribution in [0.5, 0.6) is 0 Å². The fraction of sp³-hybridized carbons (Fsp3) is 0.286. The van der Waals surface area contributed by atoms with Crippen molar-refractivity contribution in [1.82, 2.24) is 25.4 Å². The Balaban J connectivity index is 2.13. The predicted molar refractivity (Wildman–Crippen MR) is 83.6 cm³/mol. The number of rotatable bonds is 7. The Kier molecular flexibility index (Phi) is 5.55. The Morgan fingerprint density at radius 2 is 2.12 bits per heavy atom. The van der Waals surface area contributed by atoms with Crippen molar-refractivity contribution in [2.75, 3.05) is 13.1 Å². The fourth-order valence-electron chi connectivity index (χ4n) is 1.93. The third-order valence-corrected chi connectivity index (χ3v) is 3.08. The van der Waals surface area contributed by atoms with Crippen molar-refractivity contribution in [1.29, 1.82) is 0 Å². The van der Waals surface area contributed by atoms with Gasteiger partial charge >= 0.3 is 0 Å². The zero-order chi connectivity index (χ0) is 17.5. The van der Waals surface area contributed by atoms with Gasteiger partial charge in [0.2, 0.25) is 5.91 Å². The van der Waals surface area contributed by atoms with Crippen molar-refractivity contribution in [3.05, 3.63) is 46.5 Å². The SMILES string of the molecule is CCCNC(=O)CNC(=O)c1ccc(-n2cncn2)c([N+](=O)[O-])c1. The molecular formula is C14H16N6O4. The Morgan fingerprint density at radius 1 is 1.33 bits per heavy atom. The van der Waals surface area contributed by atoms with Crippen LogP contribution in [0.2, 0.25) is 0 Å². The lowest BCUT2D eigenvalue weighted by molar-refractivity contribution is -0.384. The molecule has 0 saturated heterocycles. The van der Waals surface area contributed by atoms with Crippen molar-refractivity contribution in [3.8, 4) is 5.69 Å². The molecule has 0 saturated carbocycles. The molecule has 1 heterocycles. The normalized spacial score (nSPS) is 10.2. The summed E-state index contributed by atoms with van der Waals surface area (Å²) in [6.07, 6.45) is 3.36. The van der Waals surface area contributed by atoms with Crippen molar-refractivity contribution in [2.45, 2.75) is 13.3 Å². The zero-order valence-electron chi connectivity index (χ0n) is 12.9. The first kappa shape index (κ1) is 17.1. The van der Waals surface area contributed by atoms with Crippen molar-refractivity contribution in [3.63, 3.8) is 0 Å². The number of carbonyl (C=O) groups excluding carboxylic acids is 2.